The average molecular weight is 354 g/mol. The van der Waals surface area contributed by atoms with Crippen LogP contribution in [0.1, 0.15) is 36.0 Å². The van der Waals surface area contributed by atoms with Crippen LogP contribution in [0.4, 0.5) is 0 Å². The number of phenolic OH excluding ortho intramolecular Hbond substituents is 1. The summed E-state index contributed by atoms with van der Waals surface area (Å²) in [5.74, 6) is -0.317. The first-order valence-electron chi connectivity index (χ1n) is 5.83. The highest BCUT2D eigenvalue weighted by molar-refractivity contribution is 9.10. The van der Waals surface area contributed by atoms with E-state index in [4.69, 9.17) is 10.7 Å². The van der Waals surface area contributed by atoms with E-state index in [1.165, 1.54) is 0 Å². The lowest BCUT2D eigenvalue weighted by atomic mass is 9.97. The van der Waals surface area contributed by atoms with Crippen molar-refractivity contribution in [1.82, 2.24) is 0 Å². The van der Waals surface area contributed by atoms with Crippen LogP contribution < -0.4 is 0 Å². The molecule has 3 nitrogen and oxygen atoms in total. The van der Waals surface area contributed by atoms with Crippen LogP contribution in [0.2, 0.25) is 0 Å². The predicted octanol–water partition coefficient (Wildman–Crippen LogP) is 3.49. The maximum atomic E-state index is 11.3. The maximum absolute atomic E-state index is 11.3. The molecule has 0 atom stereocenters. The van der Waals surface area contributed by atoms with Gasteiger partial charge in [0.15, 0.2) is 0 Å². The Balaban J connectivity index is 2.58. The molecule has 1 aliphatic rings. The van der Waals surface area contributed by atoms with Crippen molar-refractivity contribution >= 4 is 35.7 Å². The van der Waals surface area contributed by atoms with Gasteiger partial charge in [0, 0.05) is 16.2 Å². The monoisotopic (exact) mass is 352 g/mol. The number of aryl methyl sites for hydroxylation is 1. The lowest BCUT2D eigenvalue weighted by Gasteiger charge is -2.15. The predicted molar refractivity (Wildman–Crippen MR) is 75.5 cm³/mol. The van der Waals surface area contributed by atoms with Gasteiger partial charge in [-0.2, -0.15) is 0 Å². The fourth-order valence-electron chi connectivity index (χ4n) is 2.45. The van der Waals surface area contributed by atoms with Gasteiger partial charge in [0.1, 0.15) is 5.75 Å². The van der Waals surface area contributed by atoms with Gasteiger partial charge in [-0.05, 0) is 58.8 Å². The zero-order valence-corrected chi connectivity index (χ0v) is 12.9. The first-order chi connectivity index (χ1) is 8.38. The Kier molecular flexibility index (Phi) is 4.24. The summed E-state index contributed by atoms with van der Waals surface area (Å²) in [5, 5.41) is 10.0. The molecule has 1 aliphatic carbocycles. The van der Waals surface area contributed by atoms with E-state index in [0.717, 1.165) is 43.2 Å². The molecule has 0 heterocycles. The number of halogens is 2. The summed E-state index contributed by atoms with van der Waals surface area (Å²) < 4.78 is 23.1. The van der Waals surface area contributed by atoms with Gasteiger partial charge in [0.05, 0.1) is 10.2 Å². The minimum Gasteiger partial charge on any atom is -0.506 e. The Labute approximate surface area is 120 Å². The number of aromatic hydroxyl groups is 1. The van der Waals surface area contributed by atoms with E-state index in [1.807, 2.05) is 6.07 Å². The number of benzene rings is 1. The number of hydrogen-bond acceptors (Lipinski definition) is 3. The SMILES string of the molecule is O=S(=O)(Cl)Cc1c(O)c(Br)cc2c1CCCCC2. The third-order valence-electron chi connectivity index (χ3n) is 3.25. The quantitative estimate of drug-likeness (QED) is 0.654. The number of hydrogen-bond donors (Lipinski definition) is 1. The lowest BCUT2D eigenvalue weighted by molar-refractivity contribution is 0.465. The second-order valence-electron chi connectivity index (χ2n) is 4.57. The summed E-state index contributed by atoms with van der Waals surface area (Å²) in [5.41, 5.74) is 2.53. The molecule has 6 heteroatoms. The first-order valence-corrected chi connectivity index (χ1v) is 9.10. The van der Waals surface area contributed by atoms with Gasteiger partial charge in [0.2, 0.25) is 9.05 Å². The van der Waals surface area contributed by atoms with Gasteiger partial charge in [-0.1, -0.05) is 6.42 Å². The van der Waals surface area contributed by atoms with Crippen molar-refractivity contribution in [2.24, 2.45) is 0 Å². The zero-order chi connectivity index (χ0) is 13.3. The van der Waals surface area contributed by atoms with E-state index in [1.54, 1.807) is 0 Å². The molecule has 100 valence electrons. The third-order valence-corrected chi connectivity index (χ3v) is 4.82. The van der Waals surface area contributed by atoms with E-state index in [2.05, 4.69) is 15.9 Å². The molecule has 2 rings (SSSR count). The van der Waals surface area contributed by atoms with Gasteiger partial charge < -0.3 is 5.11 Å². The fourth-order valence-corrected chi connectivity index (χ4v) is 3.94. The van der Waals surface area contributed by atoms with E-state index < -0.39 is 9.05 Å². The summed E-state index contributed by atoms with van der Waals surface area (Å²) in [6.45, 7) is 0. The van der Waals surface area contributed by atoms with Crippen molar-refractivity contribution < 1.29 is 13.5 Å². The molecule has 0 fully saturated rings. The minimum absolute atomic E-state index is 0.000116. The minimum atomic E-state index is -3.67. The summed E-state index contributed by atoms with van der Waals surface area (Å²) in [4.78, 5) is 0. The van der Waals surface area contributed by atoms with E-state index >= 15 is 0 Å². The smallest absolute Gasteiger partial charge is 0.236 e. The molecule has 1 N–H and O–H groups in total. The lowest BCUT2D eigenvalue weighted by Crippen LogP contribution is -2.04. The first kappa shape index (κ1) is 14.2. The molecule has 0 radical (unpaired) electrons. The second-order valence-corrected chi connectivity index (χ2v) is 8.20. The molecule has 0 saturated heterocycles. The molecular weight excluding hydrogens is 340 g/mol. The molecule has 0 aliphatic heterocycles. The summed E-state index contributed by atoms with van der Waals surface area (Å²) in [7, 11) is 1.65. The highest BCUT2D eigenvalue weighted by atomic mass is 79.9. The highest BCUT2D eigenvalue weighted by Gasteiger charge is 2.21. The Morgan fingerprint density at radius 2 is 1.94 bits per heavy atom. The maximum Gasteiger partial charge on any atom is 0.236 e. The van der Waals surface area contributed by atoms with Crippen molar-refractivity contribution in [3.63, 3.8) is 0 Å². The largest absolute Gasteiger partial charge is 0.506 e. The number of rotatable bonds is 2. The van der Waals surface area contributed by atoms with Crippen LogP contribution in [-0.2, 0) is 27.6 Å². The van der Waals surface area contributed by atoms with Crippen molar-refractivity contribution in [2.45, 2.75) is 37.9 Å². The molecule has 1 aromatic rings. The summed E-state index contributed by atoms with van der Waals surface area (Å²) in [6.07, 6.45) is 4.96. The van der Waals surface area contributed by atoms with Gasteiger partial charge in [-0.15, -0.1) is 0 Å². The van der Waals surface area contributed by atoms with Crippen LogP contribution in [0.5, 0.6) is 5.75 Å². The van der Waals surface area contributed by atoms with Crippen LogP contribution >= 0.6 is 26.6 Å². The van der Waals surface area contributed by atoms with E-state index in [9.17, 15) is 13.5 Å². The van der Waals surface area contributed by atoms with Crippen LogP contribution in [0.3, 0.4) is 0 Å². The van der Waals surface area contributed by atoms with E-state index in [-0.39, 0.29) is 11.5 Å². The normalized spacial score (nSPS) is 16.1. The van der Waals surface area contributed by atoms with Crippen LogP contribution in [0.25, 0.3) is 0 Å². The fraction of sp³-hybridized carbons (Fsp3) is 0.500. The molecule has 0 bridgehead atoms. The standard InChI is InChI=1S/C12H14BrClO3S/c13-11-6-8-4-2-1-3-5-9(8)10(12(11)15)7-18(14,16)17/h6,15H,1-5,7H2. The van der Waals surface area contributed by atoms with Crippen molar-refractivity contribution in [3.8, 4) is 5.75 Å². The van der Waals surface area contributed by atoms with Crippen molar-refractivity contribution in [3.05, 3.63) is 27.2 Å². The molecule has 0 aromatic heterocycles. The topological polar surface area (TPSA) is 54.4 Å². The molecular formula is C12H14BrClO3S. The van der Waals surface area contributed by atoms with Gasteiger partial charge in [-0.3, -0.25) is 0 Å². The molecule has 0 amide bonds. The molecule has 18 heavy (non-hydrogen) atoms. The van der Waals surface area contributed by atoms with Crippen LogP contribution in [0.15, 0.2) is 10.5 Å². The average Bonchev–Trinajstić information content (AvgIpc) is 2.48. The Bertz CT molecular complexity index is 569. The summed E-state index contributed by atoms with van der Waals surface area (Å²) in [6, 6.07) is 1.89. The molecule has 1 aromatic carbocycles. The highest BCUT2D eigenvalue weighted by Crippen LogP contribution is 2.37. The zero-order valence-electron chi connectivity index (χ0n) is 9.75. The van der Waals surface area contributed by atoms with Crippen LogP contribution in [-0.4, -0.2) is 13.5 Å². The van der Waals surface area contributed by atoms with Crippen molar-refractivity contribution in [2.75, 3.05) is 0 Å². The Morgan fingerprint density at radius 1 is 1.28 bits per heavy atom. The summed E-state index contributed by atoms with van der Waals surface area (Å²) >= 11 is 3.27. The van der Waals surface area contributed by atoms with Crippen LogP contribution in [0, 0.1) is 0 Å². The van der Waals surface area contributed by atoms with Crippen molar-refractivity contribution in [1.29, 1.82) is 0 Å². The van der Waals surface area contributed by atoms with Gasteiger partial charge >= 0.3 is 0 Å². The number of fused-ring (bicyclic) bond motifs is 1. The van der Waals surface area contributed by atoms with E-state index in [0.29, 0.717) is 10.0 Å². The molecule has 0 spiro atoms. The number of phenols is 1. The second kappa shape index (κ2) is 5.39. The molecule has 0 saturated carbocycles. The third kappa shape index (κ3) is 3.19. The van der Waals surface area contributed by atoms with Gasteiger partial charge in [0.25, 0.3) is 0 Å². The van der Waals surface area contributed by atoms with Gasteiger partial charge in [-0.25, -0.2) is 8.42 Å². The Hall–Kier alpha value is -0.260. The molecule has 0 unspecified atom stereocenters. The Morgan fingerprint density at radius 3 is 2.61 bits per heavy atom.